The Morgan fingerprint density at radius 1 is 1.00 bits per heavy atom. The fourth-order valence-electron chi connectivity index (χ4n) is 6.00. The van der Waals surface area contributed by atoms with Crippen molar-refractivity contribution in [3.8, 4) is 22.3 Å². The predicted molar refractivity (Wildman–Crippen MR) is 148 cm³/mol. The largest absolute Gasteiger partial charge is 0.375 e. The third kappa shape index (κ3) is 4.06. The van der Waals surface area contributed by atoms with Crippen molar-refractivity contribution in [1.82, 2.24) is 20.3 Å². The number of rotatable bonds is 3. The Labute approximate surface area is 218 Å². The molecule has 2 saturated heterocycles. The van der Waals surface area contributed by atoms with Crippen molar-refractivity contribution < 1.29 is 9.13 Å². The minimum atomic E-state index is -0.255. The minimum absolute atomic E-state index is 0.207. The van der Waals surface area contributed by atoms with Crippen LogP contribution in [0.1, 0.15) is 12.0 Å². The van der Waals surface area contributed by atoms with Crippen LogP contribution >= 0.6 is 0 Å². The molecule has 0 radical (unpaired) electrons. The van der Waals surface area contributed by atoms with Gasteiger partial charge in [0, 0.05) is 36.8 Å². The quantitative estimate of drug-likeness (QED) is 0.327. The highest BCUT2D eigenvalue weighted by molar-refractivity contribution is 6.02. The smallest absolute Gasteiger partial charge is 0.323 e. The highest BCUT2D eigenvalue weighted by Crippen LogP contribution is 2.40. The number of piperidine rings is 1. The van der Waals surface area contributed by atoms with Gasteiger partial charge in [0.25, 0.3) is 0 Å². The van der Waals surface area contributed by atoms with E-state index in [1.165, 1.54) is 0 Å². The van der Waals surface area contributed by atoms with E-state index in [-0.39, 0.29) is 23.7 Å². The average molecular weight is 510 g/mol. The maximum absolute atomic E-state index is 14.5. The van der Waals surface area contributed by atoms with Crippen LogP contribution in [0, 0.1) is 12.7 Å². The van der Waals surface area contributed by atoms with Crippen LogP contribution in [0.15, 0.2) is 65.6 Å². The molecular formula is C30H28FN5O2. The second kappa shape index (κ2) is 9.08. The van der Waals surface area contributed by atoms with Gasteiger partial charge in [-0.3, -0.25) is 4.98 Å². The van der Waals surface area contributed by atoms with E-state index in [1.54, 1.807) is 12.1 Å². The molecule has 0 bridgehead atoms. The second-order valence-electron chi connectivity index (χ2n) is 10.3. The summed E-state index contributed by atoms with van der Waals surface area (Å²) in [5, 5.41) is 4.64. The summed E-state index contributed by atoms with van der Waals surface area (Å²) in [6, 6.07) is 17.6. The molecule has 0 saturated carbocycles. The van der Waals surface area contributed by atoms with Gasteiger partial charge < -0.3 is 24.9 Å². The van der Waals surface area contributed by atoms with Crippen LogP contribution in [-0.2, 0) is 4.74 Å². The third-order valence-corrected chi connectivity index (χ3v) is 7.75. The average Bonchev–Trinajstić information content (AvgIpc) is 3.30. The number of pyridine rings is 1. The van der Waals surface area contributed by atoms with Gasteiger partial charge >= 0.3 is 5.69 Å². The number of nitrogens with zero attached hydrogens (tertiary/aromatic N) is 2. The summed E-state index contributed by atoms with van der Waals surface area (Å²) in [6.07, 6.45) is 3.00. The van der Waals surface area contributed by atoms with Crippen LogP contribution in [0.5, 0.6) is 0 Å². The number of halogens is 1. The molecule has 2 aliphatic heterocycles. The number of aryl methyl sites for hydroxylation is 1. The van der Waals surface area contributed by atoms with Gasteiger partial charge in [0.15, 0.2) is 0 Å². The summed E-state index contributed by atoms with van der Waals surface area (Å²) in [7, 11) is 0. The van der Waals surface area contributed by atoms with Gasteiger partial charge in [-0.05, 0) is 72.0 Å². The topological polar surface area (TPSA) is 86.0 Å². The molecule has 3 aromatic carbocycles. The number of aromatic nitrogens is 3. The molecule has 2 aliphatic rings. The summed E-state index contributed by atoms with van der Waals surface area (Å²) < 4.78 is 20.6. The van der Waals surface area contributed by atoms with Gasteiger partial charge in [-0.2, -0.15) is 0 Å². The SMILES string of the molecule is Cc1cc(F)cc(-c2cnc3ccc(-c4ccc5[nH]c(=O)[nH]c5c4)cc3c2N2CCC3OCCN[C@@H]3C2)c1. The number of anilines is 1. The van der Waals surface area contributed by atoms with Crippen LogP contribution in [0.3, 0.4) is 0 Å². The van der Waals surface area contributed by atoms with Crippen LogP contribution in [0.4, 0.5) is 10.1 Å². The summed E-state index contributed by atoms with van der Waals surface area (Å²) >= 11 is 0. The summed E-state index contributed by atoms with van der Waals surface area (Å²) in [4.78, 5) is 24.6. The fraction of sp³-hybridized carbons (Fsp3) is 0.267. The first kappa shape index (κ1) is 23.1. The van der Waals surface area contributed by atoms with Gasteiger partial charge in [0.05, 0.1) is 41.0 Å². The van der Waals surface area contributed by atoms with E-state index in [1.807, 2.05) is 43.5 Å². The number of nitrogens with one attached hydrogen (secondary N) is 3. The monoisotopic (exact) mass is 509 g/mol. The third-order valence-electron chi connectivity index (χ3n) is 7.75. The Kier molecular flexibility index (Phi) is 5.52. The molecule has 38 heavy (non-hydrogen) atoms. The van der Waals surface area contributed by atoms with Gasteiger partial charge in [-0.25, -0.2) is 9.18 Å². The maximum atomic E-state index is 14.5. The summed E-state index contributed by atoms with van der Waals surface area (Å²) in [5.41, 5.74) is 7.87. The van der Waals surface area contributed by atoms with Crippen molar-refractivity contribution in [2.45, 2.75) is 25.5 Å². The Morgan fingerprint density at radius 3 is 2.74 bits per heavy atom. The zero-order valence-corrected chi connectivity index (χ0v) is 21.1. The minimum Gasteiger partial charge on any atom is -0.375 e. The van der Waals surface area contributed by atoms with E-state index in [9.17, 15) is 9.18 Å². The standard InChI is InChI=1S/C30H28FN5O2/c1-17-10-20(12-21(31)11-17)23-15-33-24-4-2-18(19-3-5-25-26(14-19)35-30(37)34-25)13-22(24)29(23)36-8-6-28-27(16-36)32-7-9-38-28/h2-5,10-15,27-28,32H,6-9,16H2,1H3,(H2,34,35,37)/t27-,28?/m1/s1. The first-order valence-electron chi connectivity index (χ1n) is 13.0. The highest BCUT2D eigenvalue weighted by atomic mass is 19.1. The fourth-order valence-corrected chi connectivity index (χ4v) is 6.00. The molecule has 2 fully saturated rings. The van der Waals surface area contributed by atoms with Gasteiger partial charge in [-0.1, -0.05) is 18.2 Å². The van der Waals surface area contributed by atoms with Gasteiger partial charge in [-0.15, -0.1) is 0 Å². The van der Waals surface area contributed by atoms with Crippen LogP contribution in [0.25, 0.3) is 44.2 Å². The highest BCUT2D eigenvalue weighted by Gasteiger charge is 2.33. The van der Waals surface area contributed by atoms with E-state index >= 15 is 0 Å². The molecule has 2 aromatic heterocycles. The van der Waals surface area contributed by atoms with Crippen molar-refractivity contribution in [3.05, 3.63) is 82.7 Å². The van der Waals surface area contributed by atoms with E-state index in [0.717, 1.165) is 88.1 Å². The van der Waals surface area contributed by atoms with Crippen molar-refractivity contribution in [1.29, 1.82) is 0 Å². The molecule has 192 valence electrons. The number of benzene rings is 3. The molecule has 7 rings (SSSR count). The molecule has 0 spiro atoms. The zero-order chi connectivity index (χ0) is 25.8. The number of aromatic amines is 2. The first-order valence-corrected chi connectivity index (χ1v) is 13.0. The van der Waals surface area contributed by atoms with E-state index in [4.69, 9.17) is 9.72 Å². The Balaban J connectivity index is 1.41. The Hall–Kier alpha value is -4.01. The van der Waals surface area contributed by atoms with Crippen molar-refractivity contribution >= 4 is 27.6 Å². The number of hydrogen-bond acceptors (Lipinski definition) is 5. The molecule has 8 heteroatoms. The lowest BCUT2D eigenvalue weighted by Gasteiger charge is -2.43. The van der Waals surface area contributed by atoms with Gasteiger partial charge in [0.2, 0.25) is 0 Å². The molecule has 4 heterocycles. The molecule has 1 unspecified atom stereocenters. The first-order chi connectivity index (χ1) is 18.5. The maximum Gasteiger partial charge on any atom is 0.323 e. The summed E-state index contributed by atoms with van der Waals surface area (Å²) in [5.74, 6) is -0.255. The lowest BCUT2D eigenvalue weighted by atomic mass is 9.94. The number of fused-ring (bicyclic) bond motifs is 3. The van der Waals surface area contributed by atoms with E-state index in [0.29, 0.717) is 0 Å². The number of H-pyrrole nitrogens is 2. The number of imidazole rings is 1. The Morgan fingerprint density at radius 2 is 1.84 bits per heavy atom. The molecule has 0 aliphatic carbocycles. The van der Waals surface area contributed by atoms with Crippen LogP contribution < -0.4 is 15.9 Å². The van der Waals surface area contributed by atoms with E-state index < -0.39 is 0 Å². The van der Waals surface area contributed by atoms with Crippen molar-refractivity contribution in [2.75, 3.05) is 31.1 Å². The molecule has 3 N–H and O–H groups in total. The molecule has 7 nitrogen and oxygen atoms in total. The number of hydrogen-bond donors (Lipinski definition) is 3. The van der Waals surface area contributed by atoms with E-state index in [2.05, 4.69) is 32.3 Å². The second-order valence-corrected chi connectivity index (χ2v) is 10.3. The number of morpholine rings is 1. The zero-order valence-electron chi connectivity index (χ0n) is 21.1. The van der Waals surface area contributed by atoms with Crippen LogP contribution in [0.2, 0.25) is 0 Å². The lowest BCUT2D eigenvalue weighted by Crippen LogP contribution is -2.58. The van der Waals surface area contributed by atoms with Gasteiger partial charge in [0.1, 0.15) is 5.82 Å². The predicted octanol–water partition coefficient (Wildman–Crippen LogP) is 4.75. The Bertz CT molecular complexity index is 1720. The van der Waals surface area contributed by atoms with Crippen molar-refractivity contribution in [3.63, 3.8) is 0 Å². The molecule has 2 atom stereocenters. The normalized spacial score (nSPS) is 19.7. The summed E-state index contributed by atoms with van der Waals surface area (Å²) in [6.45, 7) is 5.13. The van der Waals surface area contributed by atoms with Crippen molar-refractivity contribution in [2.24, 2.45) is 0 Å². The van der Waals surface area contributed by atoms with Crippen LogP contribution in [-0.4, -0.2) is 53.3 Å². The number of ether oxygens (including phenoxy) is 1. The molecule has 0 amide bonds. The lowest BCUT2D eigenvalue weighted by molar-refractivity contribution is -0.0134. The molecular weight excluding hydrogens is 481 g/mol. The molecule has 5 aromatic rings.